The van der Waals surface area contributed by atoms with Crippen molar-refractivity contribution in [3.8, 4) is 0 Å². The number of hydrogen-bond acceptors (Lipinski definition) is 3. The third kappa shape index (κ3) is 1.65. The van der Waals surface area contributed by atoms with E-state index in [0.29, 0.717) is 0 Å². The molecule has 0 N–H and O–H groups in total. The quantitative estimate of drug-likeness (QED) is 0.709. The molecule has 16 heavy (non-hydrogen) atoms. The van der Waals surface area contributed by atoms with Gasteiger partial charge in [0.1, 0.15) is 6.10 Å². The van der Waals surface area contributed by atoms with E-state index in [1.54, 1.807) is 0 Å². The molecule has 3 heteroatoms. The van der Waals surface area contributed by atoms with Gasteiger partial charge in [-0.1, -0.05) is 30.3 Å². The smallest absolute Gasteiger partial charge is 0.150 e. The summed E-state index contributed by atoms with van der Waals surface area (Å²) in [7, 11) is 0. The molecule has 0 radical (unpaired) electrons. The number of nitrogens with zero attached hydrogens (tertiary/aromatic N) is 1. The summed E-state index contributed by atoms with van der Waals surface area (Å²) >= 11 is 0. The molecule has 0 amide bonds. The molecule has 2 saturated heterocycles. The normalized spacial score (nSPS) is 34.9. The third-order valence-corrected chi connectivity index (χ3v) is 3.53. The number of hydrogen-bond donors (Lipinski definition) is 0. The van der Waals surface area contributed by atoms with Crippen molar-refractivity contribution >= 4 is 0 Å². The Labute approximate surface area is 96.0 Å². The summed E-state index contributed by atoms with van der Waals surface area (Å²) in [6, 6.07) is 10.4. The maximum atomic E-state index is 5.90. The van der Waals surface area contributed by atoms with Crippen LogP contribution in [0.5, 0.6) is 0 Å². The molecule has 3 nitrogen and oxygen atoms in total. The van der Waals surface area contributed by atoms with E-state index in [-0.39, 0.29) is 11.8 Å². The number of rotatable bonds is 2. The van der Waals surface area contributed by atoms with Crippen LogP contribution < -0.4 is 0 Å². The molecule has 0 aliphatic carbocycles. The fourth-order valence-corrected chi connectivity index (χ4v) is 2.46. The Morgan fingerprint density at radius 1 is 1.19 bits per heavy atom. The van der Waals surface area contributed by atoms with E-state index < -0.39 is 0 Å². The predicted molar refractivity (Wildman–Crippen MR) is 61.1 cm³/mol. The molecular formula is C13H17NO2. The van der Waals surface area contributed by atoms with Gasteiger partial charge in [0.2, 0.25) is 0 Å². The van der Waals surface area contributed by atoms with Gasteiger partial charge in [-0.15, -0.1) is 0 Å². The average Bonchev–Trinajstić information content (AvgIpc) is 3.06. The third-order valence-electron chi connectivity index (χ3n) is 3.53. The first-order valence-electron chi connectivity index (χ1n) is 5.86. The van der Waals surface area contributed by atoms with Crippen molar-refractivity contribution in [2.75, 3.05) is 26.3 Å². The van der Waals surface area contributed by atoms with E-state index >= 15 is 0 Å². The van der Waals surface area contributed by atoms with Crippen LogP contribution >= 0.6 is 0 Å². The van der Waals surface area contributed by atoms with Crippen molar-refractivity contribution in [3.63, 3.8) is 0 Å². The van der Waals surface area contributed by atoms with Crippen molar-refractivity contribution in [1.82, 2.24) is 4.90 Å². The maximum absolute atomic E-state index is 5.90. The molecule has 0 aromatic heterocycles. The van der Waals surface area contributed by atoms with Gasteiger partial charge in [-0.25, -0.2) is 0 Å². The molecule has 86 valence electrons. The first-order chi connectivity index (χ1) is 7.81. The summed E-state index contributed by atoms with van der Waals surface area (Å²) in [6.07, 6.45) is 0.229. The summed E-state index contributed by atoms with van der Waals surface area (Å²) in [5, 5.41) is 0. The van der Waals surface area contributed by atoms with Gasteiger partial charge in [0.05, 0.1) is 13.2 Å². The molecule has 1 aromatic carbocycles. The van der Waals surface area contributed by atoms with Crippen molar-refractivity contribution in [1.29, 1.82) is 0 Å². The number of epoxide rings is 1. The Morgan fingerprint density at radius 3 is 2.56 bits per heavy atom. The first-order valence-corrected chi connectivity index (χ1v) is 5.86. The molecule has 0 bridgehead atoms. The van der Waals surface area contributed by atoms with Crippen LogP contribution in [0.4, 0.5) is 0 Å². The highest BCUT2D eigenvalue weighted by molar-refractivity contribution is 5.25. The lowest BCUT2D eigenvalue weighted by atomic mass is 10.1. The SMILES string of the molecule is CC1(N2CCOCC2)OC1c1ccccc1. The lowest BCUT2D eigenvalue weighted by Crippen LogP contribution is -2.44. The van der Waals surface area contributed by atoms with Crippen molar-refractivity contribution in [3.05, 3.63) is 35.9 Å². The summed E-state index contributed by atoms with van der Waals surface area (Å²) in [5.41, 5.74) is 1.17. The van der Waals surface area contributed by atoms with E-state index in [1.165, 1.54) is 5.56 Å². The Kier molecular flexibility index (Phi) is 2.46. The first kappa shape index (κ1) is 10.3. The highest BCUT2D eigenvalue weighted by Gasteiger charge is 2.57. The lowest BCUT2D eigenvalue weighted by Gasteiger charge is -2.30. The predicted octanol–water partition coefficient (Wildman–Crippen LogP) is 1.81. The summed E-state index contributed by atoms with van der Waals surface area (Å²) in [6.45, 7) is 5.76. The molecule has 2 fully saturated rings. The minimum absolute atomic E-state index is 0.106. The van der Waals surface area contributed by atoms with Gasteiger partial charge in [0.15, 0.2) is 5.72 Å². The number of morpholine rings is 1. The van der Waals surface area contributed by atoms with Gasteiger partial charge in [-0.3, -0.25) is 4.90 Å². The standard InChI is InChI=1S/C13H17NO2/c1-13(14-7-9-15-10-8-14)12(16-13)11-5-3-2-4-6-11/h2-6,12H,7-10H2,1H3. The Balaban J connectivity index is 1.73. The molecule has 0 spiro atoms. The van der Waals surface area contributed by atoms with E-state index in [4.69, 9.17) is 9.47 Å². The van der Waals surface area contributed by atoms with E-state index in [9.17, 15) is 0 Å². The van der Waals surface area contributed by atoms with Gasteiger partial charge in [0.25, 0.3) is 0 Å². The monoisotopic (exact) mass is 219 g/mol. The molecule has 3 rings (SSSR count). The van der Waals surface area contributed by atoms with Crippen LogP contribution in [0.3, 0.4) is 0 Å². The van der Waals surface area contributed by atoms with E-state index in [2.05, 4.69) is 36.1 Å². The minimum Gasteiger partial charge on any atom is -0.379 e. The van der Waals surface area contributed by atoms with Crippen LogP contribution in [0.1, 0.15) is 18.6 Å². The largest absolute Gasteiger partial charge is 0.379 e. The summed E-state index contributed by atoms with van der Waals surface area (Å²) < 4.78 is 11.3. The minimum atomic E-state index is -0.106. The molecule has 2 heterocycles. The molecule has 2 unspecified atom stereocenters. The molecular weight excluding hydrogens is 202 g/mol. The van der Waals surface area contributed by atoms with Crippen LogP contribution in [-0.4, -0.2) is 36.9 Å². The van der Waals surface area contributed by atoms with Gasteiger partial charge in [-0.05, 0) is 12.5 Å². The number of ether oxygens (including phenoxy) is 2. The second kappa shape index (κ2) is 3.84. The zero-order valence-electron chi connectivity index (χ0n) is 9.56. The Bertz CT molecular complexity index is 361. The average molecular weight is 219 g/mol. The summed E-state index contributed by atoms with van der Waals surface area (Å²) in [5.74, 6) is 0. The topological polar surface area (TPSA) is 25.0 Å². The van der Waals surface area contributed by atoms with E-state index in [1.807, 2.05) is 6.07 Å². The lowest BCUT2D eigenvalue weighted by molar-refractivity contribution is -0.0161. The summed E-state index contributed by atoms with van der Waals surface area (Å²) in [4.78, 5) is 2.38. The zero-order valence-corrected chi connectivity index (χ0v) is 9.56. The molecule has 2 aliphatic heterocycles. The van der Waals surface area contributed by atoms with Gasteiger partial charge in [-0.2, -0.15) is 0 Å². The van der Waals surface area contributed by atoms with Crippen LogP contribution in [0, 0.1) is 0 Å². The van der Waals surface area contributed by atoms with Gasteiger partial charge in [0, 0.05) is 13.1 Å². The molecule has 2 aliphatic rings. The maximum Gasteiger partial charge on any atom is 0.150 e. The van der Waals surface area contributed by atoms with Crippen molar-refractivity contribution in [2.24, 2.45) is 0 Å². The highest BCUT2D eigenvalue weighted by atomic mass is 16.6. The number of benzene rings is 1. The van der Waals surface area contributed by atoms with Gasteiger partial charge >= 0.3 is 0 Å². The fourth-order valence-electron chi connectivity index (χ4n) is 2.46. The molecule has 2 atom stereocenters. The second-order valence-corrected chi connectivity index (χ2v) is 4.56. The van der Waals surface area contributed by atoms with Crippen LogP contribution in [-0.2, 0) is 9.47 Å². The van der Waals surface area contributed by atoms with Crippen molar-refractivity contribution in [2.45, 2.75) is 18.8 Å². The Hall–Kier alpha value is -0.900. The zero-order chi connectivity index (χ0) is 11.0. The molecule has 1 aromatic rings. The van der Waals surface area contributed by atoms with Gasteiger partial charge < -0.3 is 9.47 Å². The van der Waals surface area contributed by atoms with Crippen LogP contribution in [0.15, 0.2) is 30.3 Å². The second-order valence-electron chi connectivity index (χ2n) is 4.56. The van der Waals surface area contributed by atoms with Crippen LogP contribution in [0.25, 0.3) is 0 Å². The van der Waals surface area contributed by atoms with E-state index in [0.717, 1.165) is 26.3 Å². The Morgan fingerprint density at radius 2 is 1.88 bits per heavy atom. The van der Waals surface area contributed by atoms with Crippen molar-refractivity contribution < 1.29 is 9.47 Å². The fraction of sp³-hybridized carbons (Fsp3) is 0.538. The molecule has 0 saturated carbocycles. The van der Waals surface area contributed by atoms with Crippen LogP contribution in [0.2, 0.25) is 0 Å². The highest BCUT2D eigenvalue weighted by Crippen LogP contribution is 2.51.